The van der Waals surface area contributed by atoms with Gasteiger partial charge in [-0.05, 0) is 47.7 Å². The summed E-state index contributed by atoms with van der Waals surface area (Å²) in [7, 11) is 1.66. The molecule has 3 heterocycles. The molecule has 5 nitrogen and oxygen atoms in total. The maximum absolute atomic E-state index is 13.7. The van der Waals surface area contributed by atoms with Crippen LogP contribution in [0.2, 0.25) is 0 Å². The van der Waals surface area contributed by atoms with Crippen LogP contribution >= 0.6 is 23.1 Å². The van der Waals surface area contributed by atoms with Crippen molar-refractivity contribution in [1.29, 1.82) is 0 Å². The quantitative estimate of drug-likeness (QED) is 0.187. The normalized spacial score (nSPS) is 15.1. The largest absolute Gasteiger partial charge is 0.497 e. The molecule has 3 aromatic carbocycles. The molecule has 0 saturated carbocycles. The summed E-state index contributed by atoms with van der Waals surface area (Å²) in [5.74, 6) is 1.11. The van der Waals surface area contributed by atoms with Crippen LogP contribution in [0.5, 0.6) is 5.75 Å². The highest BCUT2D eigenvalue weighted by Gasteiger charge is 2.33. The highest BCUT2D eigenvalue weighted by atomic mass is 32.2. The van der Waals surface area contributed by atoms with E-state index in [0.29, 0.717) is 12.2 Å². The van der Waals surface area contributed by atoms with Crippen LogP contribution < -0.4 is 4.74 Å². The molecule has 1 atom stereocenters. The lowest BCUT2D eigenvalue weighted by Crippen LogP contribution is -2.28. The van der Waals surface area contributed by atoms with Crippen molar-refractivity contribution in [3.05, 3.63) is 118 Å². The van der Waals surface area contributed by atoms with Gasteiger partial charge >= 0.3 is 0 Å². The van der Waals surface area contributed by atoms with Crippen LogP contribution in [0.4, 0.5) is 0 Å². The van der Waals surface area contributed by atoms with Gasteiger partial charge in [0, 0.05) is 35.0 Å². The van der Waals surface area contributed by atoms with Crippen LogP contribution in [-0.4, -0.2) is 34.1 Å². The molecule has 0 bridgehead atoms. The molecule has 1 amide bonds. The first kappa shape index (κ1) is 25.5. The van der Waals surface area contributed by atoms with Gasteiger partial charge in [-0.3, -0.25) is 4.79 Å². The van der Waals surface area contributed by atoms with E-state index >= 15 is 0 Å². The fourth-order valence-electron chi connectivity index (χ4n) is 5.09. The number of aromatic nitrogens is 1. The first-order valence-electron chi connectivity index (χ1n) is 12.9. The number of hydrogen-bond donors (Lipinski definition) is 0. The highest BCUT2D eigenvalue weighted by molar-refractivity contribution is 8.00. The Balaban J connectivity index is 1.25. The average Bonchev–Trinajstić information content (AvgIpc) is 3.71. The second kappa shape index (κ2) is 11.1. The summed E-state index contributed by atoms with van der Waals surface area (Å²) in [4.78, 5) is 15.9. The van der Waals surface area contributed by atoms with E-state index in [-0.39, 0.29) is 11.9 Å². The minimum atomic E-state index is -0.135. The maximum Gasteiger partial charge on any atom is 0.253 e. The Labute approximate surface area is 236 Å². The molecule has 39 heavy (non-hydrogen) atoms. The lowest BCUT2D eigenvalue weighted by molar-refractivity contribution is -0.130. The molecule has 6 rings (SSSR count). The van der Waals surface area contributed by atoms with E-state index in [0.717, 1.165) is 33.3 Å². The first-order chi connectivity index (χ1) is 19.1. The summed E-state index contributed by atoms with van der Waals surface area (Å²) < 4.78 is 7.62. The predicted octanol–water partition coefficient (Wildman–Crippen LogP) is 7.54. The third-order valence-corrected chi connectivity index (χ3v) is 8.96. The van der Waals surface area contributed by atoms with Gasteiger partial charge in [0.15, 0.2) is 0 Å². The number of carbonyl (C=O) groups is 1. The van der Waals surface area contributed by atoms with Gasteiger partial charge in [0.2, 0.25) is 0 Å². The fraction of sp³-hybridized carbons (Fsp3) is 0.188. The number of amides is 1. The van der Waals surface area contributed by atoms with Gasteiger partial charge in [-0.1, -0.05) is 66.2 Å². The van der Waals surface area contributed by atoms with Gasteiger partial charge in [0.1, 0.15) is 5.75 Å². The fourth-order valence-corrected chi connectivity index (χ4v) is 6.75. The van der Waals surface area contributed by atoms with Crippen LogP contribution in [0.1, 0.15) is 34.0 Å². The minimum Gasteiger partial charge on any atom is -0.497 e. The van der Waals surface area contributed by atoms with Crippen molar-refractivity contribution in [2.75, 3.05) is 12.9 Å². The van der Waals surface area contributed by atoms with Crippen molar-refractivity contribution < 1.29 is 9.53 Å². The first-order valence-corrected chi connectivity index (χ1v) is 14.8. The lowest BCUT2D eigenvalue weighted by atomic mass is 10.0. The molecule has 0 spiro atoms. The van der Waals surface area contributed by atoms with E-state index in [1.54, 1.807) is 35.2 Å². The average molecular weight is 552 g/mol. The Kier molecular flexibility index (Phi) is 7.26. The van der Waals surface area contributed by atoms with Crippen molar-refractivity contribution in [3.63, 3.8) is 0 Å². The number of nitrogens with zero attached hydrogens (tertiary/aromatic N) is 3. The van der Waals surface area contributed by atoms with Crippen LogP contribution in [0.25, 0.3) is 10.9 Å². The topological polar surface area (TPSA) is 46.8 Å². The molecule has 0 radical (unpaired) electrons. The molecular weight excluding hydrogens is 523 g/mol. The molecule has 0 saturated heterocycles. The third-order valence-electron chi connectivity index (χ3n) is 7.01. The number of thioether (sulfide) groups is 1. The van der Waals surface area contributed by atoms with E-state index in [4.69, 9.17) is 9.84 Å². The van der Waals surface area contributed by atoms with Crippen molar-refractivity contribution in [3.8, 4) is 5.75 Å². The minimum absolute atomic E-state index is 0.00268. The highest BCUT2D eigenvalue weighted by Crippen LogP contribution is 2.36. The number of fused-ring (bicyclic) bond motifs is 1. The zero-order chi connectivity index (χ0) is 26.8. The van der Waals surface area contributed by atoms with Gasteiger partial charge in [-0.2, -0.15) is 5.10 Å². The monoisotopic (exact) mass is 551 g/mol. The number of methoxy groups -OCH3 is 1. The molecule has 196 valence electrons. The van der Waals surface area contributed by atoms with E-state index in [1.165, 1.54) is 22.0 Å². The molecule has 0 aliphatic carbocycles. The molecular formula is C32H29N3O2S2. The van der Waals surface area contributed by atoms with Crippen LogP contribution in [0, 0.1) is 6.92 Å². The van der Waals surface area contributed by atoms with Crippen LogP contribution in [0.3, 0.4) is 0 Å². The van der Waals surface area contributed by atoms with E-state index in [9.17, 15) is 4.79 Å². The smallest absolute Gasteiger partial charge is 0.253 e. The molecule has 1 unspecified atom stereocenters. The second-order valence-corrected chi connectivity index (χ2v) is 11.6. The summed E-state index contributed by atoms with van der Waals surface area (Å²) in [5, 5.41) is 9.74. The van der Waals surface area contributed by atoms with E-state index in [1.807, 2.05) is 35.7 Å². The standard InChI is InChI=1S/C32H29N3O2S2/c1-22-7-5-8-23(17-22)19-34-20-31(26-9-3-4-10-28(26)34)39-21-32(36)35-29(24-12-14-25(37-2)15-13-24)18-27(33-35)30-11-6-16-38-30/h3-17,20,29H,18-19,21H2,1-2H3. The molecule has 0 N–H and O–H groups in total. The van der Waals surface area contributed by atoms with Gasteiger partial charge in [0.05, 0.1) is 29.5 Å². The number of carbonyl (C=O) groups excluding carboxylic acids is 1. The molecule has 0 fully saturated rings. The van der Waals surface area contributed by atoms with Crippen molar-refractivity contribution in [2.24, 2.45) is 5.10 Å². The number of ether oxygens (including phenoxy) is 1. The van der Waals surface area contributed by atoms with Crippen molar-refractivity contribution >= 4 is 45.6 Å². The molecule has 2 aromatic heterocycles. The summed E-state index contributed by atoms with van der Waals surface area (Å²) in [5.41, 5.74) is 5.70. The number of rotatable bonds is 8. The van der Waals surface area contributed by atoms with Gasteiger partial charge in [-0.15, -0.1) is 23.1 Å². The Bertz CT molecular complexity index is 1640. The number of thiophene rings is 1. The van der Waals surface area contributed by atoms with Crippen LogP contribution in [-0.2, 0) is 11.3 Å². The summed E-state index contributed by atoms with van der Waals surface area (Å²) in [6.45, 7) is 2.91. The Morgan fingerprint density at radius 3 is 2.67 bits per heavy atom. The summed E-state index contributed by atoms with van der Waals surface area (Å²) >= 11 is 3.24. The lowest BCUT2D eigenvalue weighted by Gasteiger charge is -2.22. The number of hydrazone groups is 1. The van der Waals surface area contributed by atoms with E-state index in [2.05, 4.69) is 72.3 Å². The van der Waals surface area contributed by atoms with Gasteiger partial charge in [-0.25, -0.2) is 5.01 Å². The Morgan fingerprint density at radius 2 is 1.90 bits per heavy atom. The predicted molar refractivity (Wildman–Crippen MR) is 161 cm³/mol. The molecule has 1 aliphatic heterocycles. The number of para-hydroxylation sites is 1. The summed E-state index contributed by atoms with van der Waals surface area (Å²) in [6, 6.07) is 28.9. The number of aryl methyl sites for hydroxylation is 1. The number of hydrogen-bond acceptors (Lipinski definition) is 5. The molecule has 5 aromatic rings. The van der Waals surface area contributed by atoms with Gasteiger partial charge in [0.25, 0.3) is 5.91 Å². The van der Waals surface area contributed by atoms with Crippen LogP contribution in [0.15, 0.2) is 107 Å². The van der Waals surface area contributed by atoms with Gasteiger partial charge < -0.3 is 9.30 Å². The molecule has 7 heteroatoms. The summed E-state index contributed by atoms with van der Waals surface area (Å²) in [6.07, 6.45) is 2.87. The SMILES string of the molecule is COc1ccc(C2CC(c3cccs3)=NN2C(=O)CSc2cn(Cc3cccc(C)c3)c3ccccc23)cc1. The zero-order valence-electron chi connectivity index (χ0n) is 21.9. The second-order valence-electron chi connectivity index (χ2n) is 9.67. The Hall–Kier alpha value is -3.81. The van der Waals surface area contributed by atoms with Crippen molar-refractivity contribution in [1.82, 2.24) is 9.58 Å². The Morgan fingerprint density at radius 1 is 1.05 bits per heavy atom. The van der Waals surface area contributed by atoms with Crippen molar-refractivity contribution in [2.45, 2.75) is 30.8 Å². The zero-order valence-corrected chi connectivity index (χ0v) is 23.5. The maximum atomic E-state index is 13.7. The van der Waals surface area contributed by atoms with E-state index < -0.39 is 0 Å². The third kappa shape index (κ3) is 5.37. The molecule has 1 aliphatic rings. The number of benzene rings is 3.